The van der Waals surface area contributed by atoms with Crippen molar-refractivity contribution in [3.8, 4) is 17.2 Å². The van der Waals surface area contributed by atoms with Gasteiger partial charge in [0.05, 0.1) is 25.2 Å². The van der Waals surface area contributed by atoms with E-state index in [9.17, 15) is 9.59 Å². The highest BCUT2D eigenvalue weighted by Crippen LogP contribution is 2.31. The molecule has 0 bridgehead atoms. The number of benzene rings is 2. The van der Waals surface area contributed by atoms with Crippen molar-refractivity contribution in [1.29, 1.82) is 0 Å². The number of rotatable bonds is 8. The summed E-state index contributed by atoms with van der Waals surface area (Å²) in [6.07, 6.45) is 2.33. The molecular weight excluding hydrogens is 414 g/mol. The van der Waals surface area contributed by atoms with Crippen molar-refractivity contribution in [1.82, 2.24) is 5.32 Å². The maximum Gasteiger partial charge on any atom is 0.290 e. The molecule has 0 aliphatic carbocycles. The zero-order valence-corrected chi connectivity index (χ0v) is 17.6. The van der Waals surface area contributed by atoms with Crippen LogP contribution in [0, 0.1) is 6.92 Å². The van der Waals surface area contributed by atoms with Crippen LogP contribution >= 0.6 is 23.4 Å². The third kappa shape index (κ3) is 5.68. The normalized spacial score (nSPS) is 14.8. The number of ether oxygens (including phenoxy) is 3. The molecule has 0 atom stereocenters. The molecule has 1 saturated heterocycles. The van der Waals surface area contributed by atoms with Gasteiger partial charge >= 0.3 is 0 Å². The number of hydrogen-bond donors (Lipinski definition) is 1. The molecule has 1 aliphatic heterocycles. The van der Waals surface area contributed by atoms with Gasteiger partial charge in [0.15, 0.2) is 11.5 Å². The van der Waals surface area contributed by atoms with Crippen molar-refractivity contribution in [2.45, 2.75) is 13.3 Å². The van der Waals surface area contributed by atoms with Gasteiger partial charge in [0.1, 0.15) is 5.75 Å². The van der Waals surface area contributed by atoms with E-state index in [0.29, 0.717) is 41.1 Å². The molecule has 2 amide bonds. The Bertz CT molecular complexity index is 960. The van der Waals surface area contributed by atoms with Crippen molar-refractivity contribution in [2.24, 2.45) is 0 Å². The van der Waals surface area contributed by atoms with E-state index < -0.39 is 5.91 Å². The van der Waals surface area contributed by atoms with E-state index in [1.807, 2.05) is 25.1 Å². The Labute approximate surface area is 178 Å². The van der Waals surface area contributed by atoms with Crippen LogP contribution in [0.15, 0.2) is 41.3 Å². The van der Waals surface area contributed by atoms with Gasteiger partial charge in [0.2, 0.25) is 0 Å². The topological polar surface area (TPSA) is 73.9 Å². The lowest BCUT2D eigenvalue weighted by molar-refractivity contribution is -0.115. The first-order valence-electron chi connectivity index (χ1n) is 8.91. The minimum Gasteiger partial charge on any atom is -0.493 e. The second-order valence-corrected chi connectivity index (χ2v) is 7.65. The quantitative estimate of drug-likeness (QED) is 0.475. The molecule has 6 nitrogen and oxygen atoms in total. The summed E-state index contributed by atoms with van der Waals surface area (Å²) in [6, 6.07) is 10.9. The average molecular weight is 434 g/mol. The molecule has 2 aromatic rings. The van der Waals surface area contributed by atoms with Gasteiger partial charge in [-0.1, -0.05) is 17.7 Å². The molecule has 3 rings (SSSR count). The minimum atomic E-state index is -0.393. The first-order valence-corrected chi connectivity index (χ1v) is 10.1. The molecule has 1 N–H and O–H groups in total. The molecule has 1 fully saturated rings. The van der Waals surface area contributed by atoms with E-state index >= 15 is 0 Å². The van der Waals surface area contributed by atoms with Crippen LogP contribution in [0.1, 0.15) is 17.5 Å². The Morgan fingerprint density at radius 1 is 1.07 bits per heavy atom. The van der Waals surface area contributed by atoms with Crippen molar-refractivity contribution in [3.63, 3.8) is 0 Å². The van der Waals surface area contributed by atoms with Crippen LogP contribution in [0.4, 0.5) is 4.79 Å². The first-order chi connectivity index (χ1) is 14.0. The lowest BCUT2D eigenvalue weighted by Gasteiger charge is -2.12. The zero-order valence-electron chi connectivity index (χ0n) is 16.0. The van der Waals surface area contributed by atoms with Gasteiger partial charge in [-0.25, -0.2) is 0 Å². The van der Waals surface area contributed by atoms with E-state index in [1.165, 1.54) is 0 Å². The smallest absolute Gasteiger partial charge is 0.290 e. The van der Waals surface area contributed by atoms with Crippen LogP contribution in [0.2, 0.25) is 5.02 Å². The predicted octanol–water partition coefficient (Wildman–Crippen LogP) is 4.83. The molecule has 8 heteroatoms. The minimum absolute atomic E-state index is 0.348. The summed E-state index contributed by atoms with van der Waals surface area (Å²) in [5, 5.41) is 2.57. The number of amides is 2. The van der Waals surface area contributed by atoms with Gasteiger partial charge in [0, 0.05) is 11.4 Å². The Morgan fingerprint density at radius 2 is 1.86 bits per heavy atom. The fraction of sp³-hybridized carbons (Fsp3) is 0.238. The molecule has 0 aromatic heterocycles. The second-order valence-electron chi connectivity index (χ2n) is 6.22. The molecule has 0 spiro atoms. The monoisotopic (exact) mass is 433 g/mol. The van der Waals surface area contributed by atoms with Gasteiger partial charge in [-0.15, -0.1) is 0 Å². The Kier molecular flexibility index (Phi) is 7.06. The number of imide groups is 1. The number of thioether (sulfide) groups is 1. The zero-order chi connectivity index (χ0) is 20.8. The molecular formula is C21H20ClNO5S. The number of nitrogens with one attached hydrogen (secondary N) is 1. The number of halogens is 1. The van der Waals surface area contributed by atoms with Gasteiger partial charge < -0.3 is 14.2 Å². The standard InChI is InChI=1S/C21H20ClNO5S/c1-13-10-15(5-6-16(13)22)27-8-3-9-28-17-7-4-14(11-18(17)26-2)12-19-20(24)23-21(25)29-19/h4-7,10-12H,3,8-9H2,1-2H3,(H,23,24,25)/b19-12+. The van der Waals surface area contributed by atoms with E-state index in [4.69, 9.17) is 25.8 Å². The fourth-order valence-corrected chi connectivity index (χ4v) is 3.40. The summed E-state index contributed by atoms with van der Waals surface area (Å²) < 4.78 is 16.9. The predicted molar refractivity (Wildman–Crippen MR) is 114 cm³/mol. The number of hydrogen-bond acceptors (Lipinski definition) is 6. The Morgan fingerprint density at radius 3 is 2.55 bits per heavy atom. The summed E-state index contributed by atoms with van der Waals surface area (Å²) in [7, 11) is 1.55. The van der Waals surface area contributed by atoms with Gasteiger partial charge in [-0.05, 0) is 66.2 Å². The summed E-state index contributed by atoms with van der Waals surface area (Å²) in [5.74, 6) is 1.52. The molecule has 29 heavy (non-hydrogen) atoms. The molecule has 1 heterocycles. The lowest BCUT2D eigenvalue weighted by atomic mass is 10.2. The molecule has 0 radical (unpaired) electrons. The van der Waals surface area contributed by atoms with Crippen molar-refractivity contribution >= 4 is 40.6 Å². The Hall–Kier alpha value is -2.64. The van der Waals surface area contributed by atoms with Gasteiger partial charge in [0.25, 0.3) is 11.1 Å². The van der Waals surface area contributed by atoms with Crippen LogP contribution in [0.3, 0.4) is 0 Å². The van der Waals surface area contributed by atoms with Gasteiger partial charge in [-0.2, -0.15) is 0 Å². The maximum absolute atomic E-state index is 11.7. The number of carbonyl (C=O) groups excluding carboxylic acids is 2. The Balaban J connectivity index is 1.53. The third-order valence-corrected chi connectivity index (χ3v) is 5.31. The summed E-state index contributed by atoms with van der Waals surface area (Å²) >= 11 is 6.88. The lowest BCUT2D eigenvalue weighted by Crippen LogP contribution is -2.17. The van der Waals surface area contributed by atoms with Crippen molar-refractivity contribution < 1.29 is 23.8 Å². The van der Waals surface area contributed by atoms with Crippen LogP contribution in [-0.4, -0.2) is 31.5 Å². The van der Waals surface area contributed by atoms with E-state index in [0.717, 1.165) is 28.6 Å². The fourth-order valence-electron chi connectivity index (χ4n) is 2.60. The largest absolute Gasteiger partial charge is 0.493 e. The van der Waals surface area contributed by atoms with Gasteiger partial charge in [-0.3, -0.25) is 14.9 Å². The summed E-state index contributed by atoms with van der Waals surface area (Å²) in [5.41, 5.74) is 1.71. The maximum atomic E-state index is 11.7. The van der Waals surface area contributed by atoms with E-state index in [-0.39, 0.29) is 5.24 Å². The van der Waals surface area contributed by atoms with Crippen LogP contribution in [0.25, 0.3) is 6.08 Å². The van der Waals surface area contributed by atoms with Crippen LogP contribution in [0.5, 0.6) is 17.2 Å². The van der Waals surface area contributed by atoms with E-state index in [2.05, 4.69) is 5.32 Å². The number of methoxy groups -OCH3 is 1. The highest BCUT2D eigenvalue weighted by atomic mass is 35.5. The molecule has 0 saturated carbocycles. The molecule has 0 unspecified atom stereocenters. The summed E-state index contributed by atoms with van der Waals surface area (Å²) in [6.45, 7) is 2.89. The SMILES string of the molecule is COc1cc(/C=C2/SC(=O)NC2=O)ccc1OCCCOc1ccc(Cl)c(C)c1. The second kappa shape index (κ2) is 9.71. The number of carbonyl (C=O) groups is 2. The average Bonchev–Trinajstić information content (AvgIpc) is 3.01. The third-order valence-electron chi connectivity index (χ3n) is 4.07. The molecule has 1 aliphatic rings. The van der Waals surface area contributed by atoms with Crippen molar-refractivity contribution in [3.05, 3.63) is 57.5 Å². The van der Waals surface area contributed by atoms with Crippen LogP contribution < -0.4 is 19.5 Å². The highest BCUT2D eigenvalue weighted by molar-refractivity contribution is 8.18. The first kappa shape index (κ1) is 21.1. The molecule has 2 aromatic carbocycles. The molecule has 152 valence electrons. The van der Waals surface area contributed by atoms with Crippen LogP contribution in [-0.2, 0) is 4.79 Å². The van der Waals surface area contributed by atoms with E-state index in [1.54, 1.807) is 31.4 Å². The van der Waals surface area contributed by atoms with Crippen molar-refractivity contribution in [2.75, 3.05) is 20.3 Å². The summed E-state index contributed by atoms with van der Waals surface area (Å²) in [4.78, 5) is 23.3. The number of aryl methyl sites for hydroxylation is 1. The highest BCUT2D eigenvalue weighted by Gasteiger charge is 2.25.